The molecule has 5 N–H and O–H groups in total. The van der Waals surface area contributed by atoms with Crippen molar-refractivity contribution in [3.8, 4) is 0 Å². The third kappa shape index (κ3) is 10.7. The van der Waals surface area contributed by atoms with Gasteiger partial charge in [-0.05, 0) is 145 Å². The molecule has 1 atom stereocenters. The van der Waals surface area contributed by atoms with E-state index in [1.165, 1.54) is 19.0 Å². The number of hydrogen-bond donors (Lipinski definition) is 4. The highest BCUT2D eigenvalue weighted by atomic mass is 16.2. The molecule has 326 valence electrons. The number of likely N-dealkylation sites (tertiary alicyclic amines) is 1. The predicted octanol–water partition coefficient (Wildman–Crippen LogP) is 4.86. The van der Waals surface area contributed by atoms with E-state index in [1.807, 2.05) is 24.3 Å². The predicted molar refractivity (Wildman–Crippen MR) is 237 cm³/mol. The lowest BCUT2D eigenvalue weighted by atomic mass is 9.89. The number of aromatic nitrogens is 2. The maximum atomic E-state index is 14.0. The van der Waals surface area contributed by atoms with Crippen molar-refractivity contribution in [2.24, 2.45) is 11.7 Å². The zero-order valence-electron chi connectivity index (χ0n) is 35.6. The molecular formula is C46H62N10O5. The van der Waals surface area contributed by atoms with E-state index in [-0.39, 0.29) is 24.4 Å². The number of primary amides is 1. The van der Waals surface area contributed by atoms with Gasteiger partial charge in [0.15, 0.2) is 11.5 Å². The summed E-state index contributed by atoms with van der Waals surface area (Å²) in [6, 6.07) is 12.8. The molecule has 0 saturated carbocycles. The molecule has 3 aromatic rings. The molecule has 3 fully saturated rings. The van der Waals surface area contributed by atoms with Crippen molar-refractivity contribution < 1.29 is 24.0 Å². The number of nitrogens with zero attached hydrogens (tertiary/aromatic N) is 6. The number of unbranched alkanes of at least 4 members (excludes halogenated alkanes) is 1. The third-order valence-electron chi connectivity index (χ3n) is 13.0. The lowest BCUT2D eigenvalue weighted by Crippen LogP contribution is -2.41. The molecule has 4 amide bonds. The van der Waals surface area contributed by atoms with Crippen molar-refractivity contribution in [2.45, 2.75) is 89.0 Å². The number of anilines is 4. The fraction of sp³-hybridized carbons (Fsp3) is 0.543. The number of benzene rings is 2. The molecule has 3 saturated heterocycles. The molecule has 2 aromatic carbocycles. The highest BCUT2D eigenvalue weighted by Crippen LogP contribution is 2.35. The molecule has 1 unspecified atom stereocenters. The smallest absolute Gasteiger partial charge is 0.271 e. The van der Waals surface area contributed by atoms with E-state index in [9.17, 15) is 24.0 Å². The number of rotatable bonds is 19. The Labute approximate surface area is 359 Å². The summed E-state index contributed by atoms with van der Waals surface area (Å²) >= 11 is 0. The first-order valence-corrected chi connectivity index (χ1v) is 22.4. The van der Waals surface area contributed by atoms with Gasteiger partial charge in [-0.1, -0.05) is 18.2 Å². The molecule has 0 aliphatic carbocycles. The lowest BCUT2D eigenvalue weighted by Gasteiger charge is -2.33. The van der Waals surface area contributed by atoms with E-state index in [4.69, 9.17) is 10.7 Å². The lowest BCUT2D eigenvalue weighted by molar-refractivity contribution is -0.121. The quantitative estimate of drug-likeness (QED) is 0.0732. The van der Waals surface area contributed by atoms with Gasteiger partial charge in [0.2, 0.25) is 5.91 Å². The van der Waals surface area contributed by atoms with Gasteiger partial charge in [0.05, 0.1) is 29.1 Å². The number of piperidine rings is 3. The van der Waals surface area contributed by atoms with Crippen LogP contribution in [0.1, 0.15) is 120 Å². The first-order chi connectivity index (χ1) is 29.7. The van der Waals surface area contributed by atoms with Gasteiger partial charge in [0.1, 0.15) is 12.1 Å². The number of carbonyl (C=O) groups excluding carboxylic acids is 5. The van der Waals surface area contributed by atoms with Crippen molar-refractivity contribution >= 4 is 52.9 Å². The second-order valence-corrected chi connectivity index (χ2v) is 17.0. The Morgan fingerprint density at radius 1 is 0.951 bits per heavy atom. The zero-order valence-corrected chi connectivity index (χ0v) is 35.6. The molecule has 15 nitrogen and oxygen atoms in total. The molecule has 5 heterocycles. The van der Waals surface area contributed by atoms with E-state index in [1.54, 1.807) is 12.3 Å². The van der Waals surface area contributed by atoms with Crippen LogP contribution in [0, 0.1) is 5.92 Å². The minimum absolute atomic E-state index is 0.0395. The van der Waals surface area contributed by atoms with Gasteiger partial charge in [-0.3, -0.25) is 24.1 Å². The minimum atomic E-state index is -1.01. The Balaban J connectivity index is 0.932. The van der Waals surface area contributed by atoms with Crippen molar-refractivity contribution in [3.05, 3.63) is 71.0 Å². The summed E-state index contributed by atoms with van der Waals surface area (Å²) in [5.41, 5.74) is 9.34. The first-order valence-electron chi connectivity index (χ1n) is 22.4. The van der Waals surface area contributed by atoms with Crippen LogP contribution in [0.15, 0.2) is 48.7 Å². The molecule has 1 aromatic heterocycles. The maximum Gasteiger partial charge on any atom is 0.271 e. The number of hydrogen-bond acceptors (Lipinski definition) is 12. The second-order valence-electron chi connectivity index (χ2n) is 17.0. The summed E-state index contributed by atoms with van der Waals surface area (Å²) in [6.45, 7) is 8.42. The number of imide groups is 1. The van der Waals surface area contributed by atoms with Crippen LogP contribution in [0.4, 0.5) is 23.0 Å². The van der Waals surface area contributed by atoms with Gasteiger partial charge in [-0.15, -0.1) is 0 Å². The van der Waals surface area contributed by atoms with Gasteiger partial charge in [-0.25, -0.2) is 9.97 Å². The number of fused-ring (bicyclic) bond motifs is 1. The molecule has 0 bridgehead atoms. The Kier molecular flexibility index (Phi) is 15.0. The van der Waals surface area contributed by atoms with Crippen molar-refractivity contribution in [2.75, 3.05) is 81.1 Å². The fourth-order valence-corrected chi connectivity index (χ4v) is 9.40. The van der Waals surface area contributed by atoms with Gasteiger partial charge in [0.25, 0.3) is 17.7 Å². The van der Waals surface area contributed by atoms with Crippen molar-refractivity contribution in [3.63, 3.8) is 0 Å². The molecule has 4 aliphatic heterocycles. The van der Waals surface area contributed by atoms with E-state index >= 15 is 0 Å². The minimum Gasteiger partial charge on any atom is -0.371 e. The number of nitrogens with two attached hydrogens (primary N) is 1. The topological polar surface area (TPSA) is 186 Å². The van der Waals surface area contributed by atoms with Crippen LogP contribution in [0.5, 0.6) is 0 Å². The van der Waals surface area contributed by atoms with Crippen LogP contribution >= 0.6 is 0 Å². The molecule has 7 rings (SSSR count). The first kappa shape index (κ1) is 43.7. The Morgan fingerprint density at radius 2 is 1.70 bits per heavy atom. The van der Waals surface area contributed by atoms with Crippen LogP contribution in [-0.4, -0.2) is 122 Å². The zero-order chi connectivity index (χ0) is 42.7. The molecule has 61 heavy (non-hydrogen) atoms. The summed E-state index contributed by atoms with van der Waals surface area (Å²) in [5, 5.41) is 9.29. The Hall–Kier alpha value is -5.41. The summed E-state index contributed by atoms with van der Waals surface area (Å²) in [5.74, 6) is 0.380. The monoisotopic (exact) mass is 834 g/mol. The highest BCUT2D eigenvalue weighted by molar-refractivity contribution is 6.24. The van der Waals surface area contributed by atoms with Crippen LogP contribution in [0.25, 0.3) is 0 Å². The summed E-state index contributed by atoms with van der Waals surface area (Å²) < 4.78 is 0. The fourth-order valence-electron chi connectivity index (χ4n) is 9.40. The van der Waals surface area contributed by atoms with Crippen molar-refractivity contribution in [1.82, 2.24) is 30.4 Å². The highest BCUT2D eigenvalue weighted by Gasteiger charge is 2.42. The Bertz CT molecular complexity index is 2010. The van der Waals surface area contributed by atoms with Crippen LogP contribution in [0.2, 0.25) is 0 Å². The van der Waals surface area contributed by atoms with Gasteiger partial charge >= 0.3 is 0 Å². The molecule has 4 aliphatic rings. The standard InChI is InChI=1S/C46H62N10O5/c1-48-40(58)15-14-36(31-57)56-45(60)37-8-7-9-38(41(37)46(56)61)54(29-18-32-16-21-49-22-17-32)24-6-5-23-53-27-19-34(20-28-53)33-10-12-35(13-11-33)51-44-42(43(47)59)50-30-39(52-44)55-25-3-2-4-26-55/h7-13,30-32,34,36,49H,2-6,14-29H2,1H3,(H2,47,59)(H,48,58)(H,51,52). The maximum absolute atomic E-state index is 14.0. The molecule has 0 spiro atoms. The van der Waals surface area contributed by atoms with Crippen molar-refractivity contribution in [1.29, 1.82) is 0 Å². The van der Waals surface area contributed by atoms with Crippen LogP contribution < -0.4 is 31.5 Å². The number of carbonyl (C=O) groups is 5. The van der Waals surface area contributed by atoms with E-state index in [0.29, 0.717) is 35.1 Å². The summed E-state index contributed by atoms with van der Waals surface area (Å²) in [7, 11) is 1.52. The largest absolute Gasteiger partial charge is 0.371 e. The van der Waals surface area contributed by atoms with E-state index < -0.39 is 23.8 Å². The summed E-state index contributed by atoms with van der Waals surface area (Å²) in [4.78, 5) is 81.1. The average Bonchev–Trinajstić information content (AvgIpc) is 3.55. The van der Waals surface area contributed by atoms with E-state index in [2.05, 4.69) is 47.8 Å². The number of aldehydes is 1. The third-order valence-corrected chi connectivity index (χ3v) is 13.0. The van der Waals surface area contributed by atoms with Crippen LogP contribution in [-0.2, 0) is 9.59 Å². The van der Waals surface area contributed by atoms with E-state index in [0.717, 1.165) is 139 Å². The SMILES string of the molecule is CNC(=O)CCC(C=O)N1C(=O)c2cccc(N(CCCCN3CCC(c4ccc(Nc5nc(N6CCCCC6)cnc5C(N)=O)cc4)CC3)CCC3CCNCC3)c2C1=O. The normalized spacial score (nSPS) is 18.2. The summed E-state index contributed by atoms with van der Waals surface area (Å²) in [6.07, 6.45) is 13.1. The average molecular weight is 835 g/mol. The van der Waals surface area contributed by atoms with Gasteiger partial charge in [-0.2, -0.15) is 0 Å². The number of amides is 4. The number of nitrogens with one attached hydrogen (secondary N) is 3. The Morgan fingerprint density at radius 3 is 2.41 bits per heavy atom. The van der Waals surface area contributed by atoms with Crippen LogP contribution in [0.3, 0.4) is 0 Å². The molecule has 0 radical (unpaired) electrons. The van der Waals surface area contributed by atoms with Gasteiger partial charge in [0, 0.05) is 45.3 Å². The molecular weight excluding hydrogens is 773 g/mol. The molecule has 15 heteroatoms. The van der Waals surface area contributed by atoms with Gasteiger partial charge < -0.3 is 41.2 Å². The second kappa shape index (κ2) is 20.9.